The van der Waals surface area contributed by atoms with Gasteiger partial charge < -0.3 is 14.4 Å². The van der Waals surface area contributed by atoms with Gasteiger partial charge in [-0.05, 0) is 48.7 Å². The Bertz CT molecular complexity index is 793. The lowest BCUT2D eigenvalue weighted by Gasteiger charge is -2.34. The molecule has 0 saturated heterocycles. The number of methoxy groups -OCH3 is 1. The zero-order chi connectivity index (χ0) is 16.0. The van der Waals surface area contributed by atoms with Crippen LogP contribution in [0.2, 0.25) is 0 Å². The lowest BCUT2D eigenvalue weighted by molar-refractivity contribution is 0.102. The monoisotopic (exact) mass is 309 g/mol. The van der Waals surface area contributed by atoms with E-state index in [1.807, 2.05) is 30.3 Å². The number of hydrogen-bond donors (Lipinski definition) is 1. The molecule has 0 bridgehead atoms. The van der Waals surface area contributed by atoms with Crippen molar-refractivity contribution in [3.8, 4) is 22.8 Å². The Labute approximate surface area is 135 Å². The smallest absolute Gasteiger partial charge is 0.205 e. The fourth-order valence-corrected chi connectivity index (χ4v) is 3.93. The average Bonchev–Trinajstić information content (AvgIpc) is 3.17. The van der Waals surface area contributed by atoms with Crippen molar-refractivity contribution in [1.82, 2.24) is 4.57 Å². The van der Waals surface area contributed by atoms with Gasteiger partial charge in [0.2, 0.25) is 5.78 Å². The maximum Gasteiger partial charge on any atom is 0.205 e. The molecule has 0 unspecified atom stereocenters. The molecule has 2 aromatic rings. The first-order valence-corrected chi connectivity index (χ1v) is 7.98. The van der Waals surface area contributed by atoms with Gasteiger partial charge in [-0.15, -0.1) is 0 Å². The summed E-state index contributed by atoms with van der Waals surface area (Å²) >= 11 is 0. The molecule has 1 N–H and O–H groups in total. The van der Waals surface area contributed by atoms with E-state index in [-0.39, 0.29) is 17.1 Å². The van der Waals surface area contributed by atoms with E-state index >= 15 is 0 Å². The molecule has 118 valence electrons. The van der Waals surface area contributed by atoms with Gasteiger partial charge in [0.05, 0.1) is 18.3 Å². The van der Waals surface area contributed by atoms with E-state index in [0.717, 1.165) is 42.7 Å². The van der Waals surface area contributed by atoms with Crippen molar-refractivity contribution in [2.75, 3.05) is 7.11 Å². The largest absolute Gasteiger partial charge is 0.506 e. The molecule has 1 aromatic carbocycles. The van der Waals surface area contributed by atoms with E-state index < -0.39 is 0 Å². The first-order chi connectivity index (χ1) is 11.1. The number of aromatic nitrogens is 1. The van der Waals surface area contributed by atoms with Crippen molar-refractivity contribution in [1.29, 1.82) is 0 Å². The minimum absolute atomic E-state index is 0.0662. The van der Waals surface area contributed by atoms with Gasteiger partial charge in [-0.25, -0.2) is 0 Å². The van der Waals surface area contributed by atoms with Crippen molar-refractivity contribution in [3.05, 3.63) is 48.2 Å². The zero-order valence-electron chi connectivity index (χ0n) is 13.1. The van der Waals surface area contributed by atoms with Gasteiger partial charge in [0.1, 0.15) is 17.2 Å². The molecular formula is C19H19NO3. The summed E-state index contributed by atoms with van der Waals surface area (Å²) in [6.45, 7) is 0. The van der Waals surface area contributed by atoms with Gasteiger partial charge in [0.15, 0.2) is 0 Å². The predicted octanol–water partition coefficient (Wildman–Crippen LogP) is 3.89. The van der Waals surface area contributed by atoms with Crippen LogP contribution in [0, 0.1) is 0 Å². The number of rotatable bonds is 2. The van der Waals surface area contributed by atoms with Gasteiger partial charge in [0.25, 0.3) is 0 Å². The molecule has 1 fully saturated rings. The Morgan fingerprint density at radius 2 is 1.87 bits per heavy atom. The third kappa shape index (κ3) is 2.01. The van der Waals surface area contributed by atoms with Crippen LogP contribution < -0.4 is 4.74 Å². The molecule has 1 saturated carbocycles. The number of ketones is 1. The molecule has 23 heavy (non-hydrogen) atoms. The summed E-state index contributed by atoms with van der Waals surface area (Å²) in [5.41, 5.74) is 2.10. The lowest BCUT2D eigenvalue weighted by atomic mass is 9.91. The standard InChI is InChI=1S/C19H19NO3/c1-23-14-6-4-13(5-7-14)15-12-17(22)18-16(21)8-11-19(20(15)18)9-2-3-10-19/h4-8,11-12,22H,2-3,9-10H2,1H3. The maximum atomic E-state index is 12.3. The van der Waals surface area contributed by atoms with Crippen LogP contribution in [-0.2, 0) is 5.54 Å². The molecule has 0 amide bonds. The van der Waals surface area contributed by atoms with E-state index in [1.54, 1.807) is 19.3 Å². The second kappa shape index (κ2) is 5.01. The van der Waals surface area contributed by atoms with Crippen LogP contribution in [0.25, 0.3) is 11.3 Å². The van der Waals surface area contributed by atoms with Gasteiger partial charge in [-0.2, -0.15) is 0 Å². The molecular weight excluding hydrogens is 290 g/mol. The number of hydrogen-bond acceptors (Lipinski definition) is 3. The number of fused-ring (bicyclic) bond motifs is 2. The van der Waals surface area contributed by atoms with E-state index in [0.29, 0.717) is 5.69 Å². The summed E-state index contributed by atoms with van der Waals surface area (Å²) in [6, 6.07) is 9.43. The van der Waals surface area contributed by atoms with E-state index in [1.165, 1.54) is 0 Å². The van der Waals surface area contributed by atoms with Crippen LogP contribution in [-0.4, -0.2) is 22.6 Å². The maximum absolute atomic E-state index is 12.3. The topological polar surface area (TPSA) is 51.5 Å². The Hall–Kier alpha value is -2.49. The van der Waals surface area contributed by atoms with Crippen LogP contribution in [0.3, 0.4) is 0 Å². The Balaban J connectivity index is 1.92. The van der Waals surface area contributed by atoms with Crippen molar-refractivity contribution < 1.29 is 14.6 Å². The van der Waals surface area contributed by atoms with Crippen LogP contribution in [0.15, 0.2) is 42.5 Å². The first-order valence-electron chi connectivity index (χ1n) is 7.98. The van der Waals surface area contributed by atoms with Crippen LogP contribution >= 0.6 is 0 Å². The average molecular weight is 309 g/mol. The molecule has 4 nitrogen and oxygen atoms in total. The number of carbonyl (C=O) groups is 1. The fraction of sp³-hybridized carbons (Fsp3) is 0.316. The third-order valence-corrected chi connectivity index (χ3v) is 5.06. The molecule has 1 aliphatic carbocycles. The van der Waals surface area contributed by atoms with E-state index in [9.17, 15) is 9.90 Å². The molecule has 4 heteroatoms. The van der Waals surface area contributed by atoms with Crippen LogP contribution in [0.1, 0.15) is 36.2 Å². The highest BCUT2D eigenvalue weighted by atomic mass is 16.5. The summed E-state index contributed by atoms with van der Waals surface area (Å²) in [6.07, 6.45) is 7.93. The van der Waals surface area contributed by atoms with Gasteiger partial charge in [-0.1, -0.05) is 18.9 Å². The SMILES string of the molecule is COc1ccc(-c2cc(O)c3n2C2(C=CC3=O)CCCC2)cc1. The van der Waals surface area contributed by atoms with E-state index in [4.69, 9.17) is 4.74 Å². The summed E-state index contributed by atoms with van der Waals surface area (Å²) < 4.78 is 7.27. The van der Waals surface area contributed by atoms with Crippen molar-refractivity contribution in [3.63, 3.8) is 0 Å². The third-order valence-electron chi connectivity index (χ3n) is 5.06. The Morgan fingerprint density at radius 1 is 1.17 bits per heavy atom. The van der Waals surface area contributed by atoms with Crippen molar-refractivity contribution in [2.24, 2.45) is 0 Å². The number of ether oxygens (including phenoxy) is 1. The van der Waals surface area contributed by atoms with Gasteiger partial charge >= 0.3 is 0 Å². The number of carbonyl (C=O) groups excluding carboxylic acids is 1. The van der Waals surface area contributed by atoms with Crippen LogP contribution in [0.4, 0.5) is 0 Å². The lowest BCUT2D eigenvalue weighted by Crippen LogP contribution is -2.34. The van der Waals surface area contributed by atoms with Crippen LogP contribution in [0.5, 0.6) is 11.5 Å². The summed E-state index contributed by atoms with van der Waals surface area (Å²) in [5, 5.41) is 10.4. The first kappa shape index (κ1) is 14.1. The highest BCUT2D eigenvalue weighted by molar-refractivity contribution is 6.07. The molecule has 1 aromatic heterocycles. The molecule has 4 rings (SSSR count). The fourth-order valence-electron chi connectivity index (χ4n) is 3.93. The minimum Gasteiger partial charge on any atom is -0.506 e. The zero-order valence-corrected chi connectivity index (χ0v) is 13.1. The Kier molecular flexibility index (Phi) is 3.08. The molecule has 1 aliphatic heterocycles. The number of allylic oxidation sites excluding steroid dienone is 2. The number of benzene rings is 1. The summed E-state index contributed by atoms with van der Waals surface area (Å²) in [7, 11) is 1.64. The molecule has 0 radical (unpaired) electrons. The second-order valence-electron chi connectivity index (χ2n) is 6.34. The van der Waals surface area contributed by atoms with Crippen molar-refractivity contribution >= 4 is 5.78 Å². The number of nitrogens with zero attached hydrogens (tertiary/aromatic N) is 1. The Morgan fingerprint density at radius 3 is 2.52 bits per heavy atom. The van der Waals surface area contributed by atoms with Gasteiger partial charge in [-0.3, -0.25) is 4.79 Å². The predicted molar refractivity (Wildman–Crippen MR) is 88.0 cm³/mol. The molecule has 0 atom stereocenters. The normalized spacial score (nSPS) is 18.4. The molecule has 1 spiro atoms. The molecule has 2 heterocycles. The quantitative estimate of drug-likeness (QED) is 0.915. The number of aromatic hydroxyl groups is 1. The summed E-state index contributed by atoms with van der Waals surface area (Å²) in [5.74, 6) is 0.728. The summed E-state index contributed by atoms with van der Waals surface area (Å²) in [4.78, 5) is 12.3. The van der Waals surface area contributed by atoms with Gasteiger partial charge in [0, 0.05) is 6.07 Å². The highest BCUT2D eigenvalue weighted by Crippen LogP contribution is 2.47. The van der Waals surface area contributed by atoms with Crippen molar-refractivity contribution in [2.45, 2.75) is 31.2 Å². The minimum atomic E-state index is -0.181. The molecule has 2 aliphatic rings. The second-order valence-corrected chi connectivity index (χ2v) is 6.34. The highest BCUT2D eigenvalue weighted by Gasteiger charge is 2.41. The van der Waals surface area contributed by atoms with E-state index in [2.05, 4.69) is 4.57 Å².